The van der Waals surface area contributed by atoms with E-state index in [4.69, 9.17) is 4.42 Å². The molecule has 0 aliphatic carbocycles. The zero-order valence-electron chi connectivity index (χ0n) is 17.5. The van der Waals surface area contributed by atoms with Crippen molar-refractivity contribution in [2.45, 2.75) is 6.92 Å². The van der Waals surface area contributed by atoms with Crippen LogP contribution in [0.2, 0.25) is 0 Å². The Labute approximate surface area is 195 Å². The molecule has 3 aromatic carbocycles. The fourth-order valence-electron chi connectivity index (χ4n) is 3.81. The Morgan fingerprint density at radius 3 is 2.38 bits per heavy atom. The number of furan rings is 1. The standard InChI is InChI=1S/C28H20BrNO2/c1-19-6-5-9-24(16-19)30-26(20-7-3-2-4-8-20)18-22(28(30)31)17-25-14-15-27(32-25)21-10-12-23(29)13-11-21/h2-18H,1H3. The van der Waals surface area contributed by atoms with Crippen LogP contribution in [-0.2, 0) is 4.79 Å². The highest BCUT2D eigenvalue weighted by atomic mass is 79.9. The van der Waals surface area contributed by atoms with Crippen LogP contribution in [0.25, 0.3) is 23.1 Å². The zero-order valence-corrected chi connectivity index (χ0v) is 19.0. The number of carbonyl (C=O) groups excluding carboxylic acids is 1. The number of amides is 1. The highest BCUT2D eigenvalue weighted by molar-refractivity contribution is 9.10. The minimum absolute atomic E-state index is 0.0731. The highest BCUT2D eigenvalue weighted by Crippen LogP contribution is 2.36. The molecule has 0 fully saturated rings. The Morgan fingerprint density at radius 2 is 1.62 bits per heavy atom. The molecule has 32 heavy (non-hydrogen) atoms. The number of nitrogens with zero attached hydrogens (tertiary/aromatic N) is 1. The summed E-state index contributed by atoms with van der Waals surface area (Å²) in [5, 5.41) is 0. The number of anilines is 1. The predicted molar refractivity (Wildman–Crippen MR) is 133 cm³/mol. The SMILES string of the molecule is Cc1cccc(N2C(=O)C(=Cc3ccc(-c4ccc(Br)cc4)o3)C=C2c2ccccc2)c1. The third-order valence-corrected chi connectivity index (χ3v) is 5.89. The lowest BCUT2D eigenvalue weighted by Gasteiger charge is -2.21. The molecule has 3 nitrogen and oxygen atoms in total. The van der Waals surface area contributed by atoms with Gasteiger partial charge < -0.3 is 4.42 Å². The van der Waals surface area contributed by atoms with E-state index in [-0.39, 0.29) is 5.91 Å². The molecule has 4 aromatic rings. The molecule has 2 heterocycles. The van der Waals surface area contributed by atoms with Crippen LogP contribution in [0.1, 0.15) is 16.9 Å². The fourth-order valence-corrected chi connectivity index (χ4v) is 4.08. The highest BCUT2D eigenvalue weighted by Gasteiger charge is 2.30. The number of hydrogen-bond donors (Lipinski definition) is 0. The molecule has 0 saturated heterocycles. The summed E-state index contributed by atoms with van der Waals surface area (Å²) in [6, 6.07) is 29.7. The van der Waals surface area contributed by atoms with Crippen molar-refractivity contribution in [3.8, 4) is 11.3 Å². The van der Waals surface area contributed by atoms with Crippen molar-refractivity contribution in [2.75, 3.05) is 4.90 Å². The van der Waals surface area contributed by atoms with Crippen LogP contribution in [0.4, 0.5) is 5.69 Å². The first kappa shape index (κ1) is 20.3. The number of benzene rings is 3. The molecular weight excluding hydrogens is 462 g/mol. The van der Waals surface area contributed by atoms with Gasteiger partial charge in [-0.25, -0.2) is 0 Å². The normalized spacial score (nSPS) is 14.8. The van der Waals surface area contributed by atoms with E-state index < -0.39 is 0 Å². The molecular formula is C28H20BrNO2. The molecule has 0 saturated carbocycles. The molecule has 0 spiro atoms. The van der Waals surface area contributed by atoms with Crippen LogP contribution in [-0.4, -0.2) is 5.91 Å². The summed E-state index contributed by atoms with van der Waals surface area (Å²) in [6.45, 7) is 2.03. The van der Waals surface area contributed by atoms with Crippen molar-refractivity contribution in [3.05, 3.63) is 124 Å². The van der Waals surface area contributed by atoms with Gasteiger partial charge in [-0.05, 0) is 66.6 Å². The minimum Gasteiger partial charge on any atom is -0.457 e. The molecule has 0 bridgehead atoms. The Balaban J connectivity index is 1.54. The molecule has 1 aromatic heterocycles. The maximum Gasteiger partial charge on any atom is 0.263 e. The van der Waals surface area contributed by atoms with Crippen LogP contribution < -0.4 is 4.90 Å². The molecule has 0 radical (unpaired) electrons. The van der Waals surface area contributed by atoms with Crippen molar-refractivity contribution < 1.29 is 9.21 Å². The first-order valence-corrected chi connectivity index (χ1v) is 11.1. The van der Waals surface area contributed by atoms with Gasteiger partial charge >= 0.3 is 0 Å². The number of hydrogen-bond acceptors (Lipinski definition) is 2. The molecule has 4 heteroatoms. The van der Waals surface area contributed by atoms with Crippen LogP contribution >= 0.6 is 15.9 Å². The van der Waals surface area contributed by atoms with Gasteiger partial charge in [-0.2, -0.15) is 0 Å². The smallest absolute Gasteiger partial charge is 0.263 e. The average Bonchev–Trinajstić information content (AvgIpc) is 3.40. The van der Waals surface area contributed by atoms with Crippen molar-refractivity contribution >= 4 is 39.3 Å². The topological polar surface area (TPSA) is 33.5 Å². The first-order valence-electron chi connectivity index (χ1n) is 10.3. The summed E-state index contributed by atoms with van der Waals surface area (Å²) in [4.78, 5) is 15.2. The van der Waals surface area contributed by atoms with Gasteiger partial charge in [0.05, 0.1) is 5.70 Å². The Hall–Kier alpha value is -3.63. The molecule has 156 valence electrons. The van der Waals surface area contributed by atoms with Gasteiger partial charge in [0.1, 0.15) is 11.5 Å². The van der Waals surface area contributed by atoms with Crippen molar-refractivity contribution in [3.63, 3.8) is 0 Å². The van der Waals surface area contributed by atoms with Gasteiger partial charge in [0.25, 0.3) is 5.91 Å². The van der Waals surface area contributed by atoms with Crippen LogP contribution in [0.3, 0.4) is 0 Å². The molecule has 5 rings (SSSR count). The number of carbonyl (C=O) groups is 1. The van der Waals surface area contributed by atoms with Crippen molar-refractivity contribution in [2.24, 2.45) is 0 Å². The van der Waals surface area contributed by atoms with E-state index in [1.54, 1.807) is 4.90 Å². The molecule has 0 unspecified atom stereocenters. The van der Waals surface area contributed by atoms with Gasteiger partial charge in [-0.3, -0.25) is 9.69 Å². The van der Waals surface area contributed by atoms with E-state index in [1.807, 2.05) is 110 Å². The Bertz CT molecular complexity index is 1350. The Morgan fingerprint density at radius 1 is 0.844 bits per heavy atom. The van der Waals surface area contributed by atoms with E-state index in [1.165, 1.54) is 0 Å². The third kappa shape index (κ3) is 3.97. The summed E-state index contributed by atoms with van der Waals surface area (Å²) in [5.74, 6) is 1.33. The largest absolute Gasteiger partial charge is 0.457 e. The number of aryl methyl sites for hydroxylation is 1. The van der Waals surface area contributed by atoms with Crippen LogP contribution in [0.15, 0.2) is 112 Å². The lowest BCUT2D eigenvalue weighted by molar-refractivity contribution is -0.113. The van der Waals surface area contributed by atoms with Gasteiger partial charge in [0.15, 0.2) is 0 Å². The monoisotopic (exact) mass is 481 g/mol. The maximum absolute atomic E-state index is 13.5. The lowest BCUT2D eigenvalue weighted by atomic mass is 10.1. The average molecular weight is 482 g/mol. The molecule has 1 aliphatic rings. The van der Waals surface area contributed by atoms with E-state index in [2.05, 4.69) is 15.9 Å². The molecule has 0 N–H and O–H groups in total. The van der Waals surface area contributed by atoms with Gasteiger partial charge in [-0.1, -0.05) is 70.5 Å². The summed E-state index contributed by atoms with van der Waals surface area (Å²) in [7, 11) is 0. The number of rotatable bonds is 4. The van der Waals surface area contributed by atoms with E-state index >= 15 is 0 Å². The van der Waals surface area contributed by atoms with Crippen molar-refractivity contribution in [1.29, 1.82) is 0 Å². The van der Waals surface area contributed by atoms with E-state index in [0.29, 0.717) is 11.3 Å². The lowest BCUT2D eigenvalue weighted by Crippen LogP contribution is -2.24. The molecule has 1 aliphatic heterocycles. The third-order valence-electron chi connectivity index (χ3n) is 5.37. The molecule has 1 amide bonds. The van der Waals surface area contributed by atoms with Crippen LogP contribution in [0, 0.1) is 6.92 Å². The minimum atomic E-state index is -0.0731. The van der Waals surface area contributed by atoms with E-state index in [9.17, 15) is 4.79 Å². The summed E-state index contributed by atoms with van der Waals surface area (Å²) in [5.41, 5.74) is 5.36. The first-order chi connectivity index (χ1) is 15.6. The van der Waals surface area contributed by atoms with Gasteiger partial charge in [-0.15, -0.1) is 0 Å². The summed E-state index contributed by atoms with van der Waals surface area (Å²) >= 11 is 3.45. The van der Waals surface area contributed by atoms with Gasteiger partial charge in [0, 0.05) is 21.3 Å². The second kappa shape index (κ2) is 8.48. The predicted octanol–water partition coefficient (Wildman–Crippen LogP) is 7.49. The van der Waals surface area contributed by atoms with Crippen molar-refractivity contribution in [1.82, 2.24) is 0 Å². The second-order valence-electron chi connectivity index (χ2n) is 7.68. The number of halogens is 1. The summed E-state index contributed by atoms with van der Waals surface area (Å²) in [6.07, 6.45) is 3.74. The van der Waals surface area contributed by atoms with Gasteiger partial charge in [0.2, 0.25) is 0 Å². The maximum atomic E-state index is 13.5. The zero-order chi connectivity index (χ0) is 22.1. The second-order valence-corrected chi connectivity index (χ2v) is 8.60. The van der Waals surface area contributed by atoms with Crippen LogP contribution in [0.5, 0.6) is 0 Å². The molecule has 0 atom stereocenters. The quantitative estimate of drug-likeness (QED) is 0.283. The Kier molecular flexibility index (Phi) is 5.38. The fraction of sp³-hybridized carbons (Fsp3) is 0.0357. The summed E-state index contributed by atoms with van der Waals surface area (Å²) < 4.78 is 7.04. The van der Waals surface area contributed by atoms with E-state index in [0.717, 1.165) is 38.3 Å².